The van der Waals surface area contributed by atoms with Crippen LogP contribution in [0.5, 0.6) is 5.75 Å². The molecular formula is C21H28N4O3. The van der Waals surface area contributed by atoms with Crippen LogP contribution >= 0.6 is 0 Å². The highest BCUT2D eigenvalue weighted by atomic mass is 16.5. The number of carbonyl (C=O) groups excluding carboxylic acids is 1. The summed E-state index contributed by atoms with van der Waals surface area (Å²) in [6, 6.07) is 11.5. The maximum absolute atomic E-state index is 12.4. The van der Waals surface area contributed by atoms with E-state index in [9.17, 15) is 4.79 Å². The number of aromatic nitrogens is 1. The number of carbonyl (C=O) groups is 1. The SMILES string of the molecule is COc1cccc(CCNc2cc(C(=O)NCCN3CCOCC3)ccn2)c1. The van der Waals surface area contributed by atoms with E-state index in [0.29, 0.717) is 17.9 Å². The van der Waals surface area contributed by atoms with Gasteiger partial charge in [0.1, 0.15) is 11.6 Å². The zero-order chi connectivity index (χ0) is 19.6. The van der Waals surface area contributed by atoms with Crippen molar-refractivity contribution < 1.29 is 14.3 Å². The number of ether oxygens (including phenoxy) is 2. The Hall–Kier alpha value is -2.64. The summed E-state index contributed by atoms with van der Waals surface area (Å²) in [5.74, 6) is 1.47. The van der Waals surface area contributed by atoms with Crippen molar-refractivity contribution in [2.75, 3.05) is 58.4 Å². The number of anilines is 1. The fraction of sp³-hybridized carbons (Fsp3) is 0.429. The Morgan fingerprint density at radius 3 is 2.89 bits per heavy atom. The lowest BCUT2D eigenvalue weighted by atomic mass is 10.1. The van der Waals surface area contributed by atoms with Crippen LogP contribution in [0.1, 0.15) is 15.9 Å². The molecule has 1 amide bonds. The van der Waals surface area contributed by atoms with E-state index in [-0.39, 0.29) is 5.91 Å². The van der Waals surface area contributed by atoms with E-state index < -0.39 is 0 Å². The van der Waals surface area contributed by atoms with E-state index in [1.807, 2.05) is 18.2 Å². The van der Waals surface area contributed by atoms with Gasteiger partial charge in [-0.2, -0.15) is 0 Å². The summed E-state index contributed by atoms with van der Waals surface area (Å²) in [6.07, 6.45) is 2.50. The monoisotopic (exact) mass is 384 g/mol. The van der Waals surface area contributed by atoms with Crippen molar-refractivity contribution in [3.05, 3.63) is 53.7 Å². The van der Waals surface area contributed by atoms with Crippen LogP contribution in [-0.2, 0) is 11.2 Å². The molecule has 1 saturated heterocycles. The Bertz CT molecular complexity index is 763. The molecule has 0 bridgehead atoms. The lowest BCUT2D eigenvalue weighted by Crippen LogP contribution is -2.41. The Morgan fingerprint density at radius 2 is 2.07 bits per heavy atom. The number of pyridine rings is 1. The molecule has 7 nitrogen and oxygen atoms in total. The Morgan fingerprint density at radius 1 is 1.21 bits per heavy atom. The van der Waals surface area contributed by atoms with E-state index in [2.05, 4.69) is 26.6 Å². The van der Waals surface area contributed by atoms with Gasteiger partial charge in [0, 0.05) is 44.5 Å². The minimum Gasteiger partial charge on any atom is -0.497 e. The molecule has 2 N–H and O–H groups in total. The molecule has 28 heavy (non-hydrogen) atoms. The average Bonchev–Trinajstić information content (AvgIpc) is 2.75. The summed E-state index contributed by atoms with van der Waals surface area (Å²) < 4.78 is 10.6. The number of methoxy groups -OCH3 is 1. The van der Waals surface area contributed by atoms with Gasteiger partial charge in [0.15, 0.2) is 0 Å². The number of nitrogens with one attached hydrogen (secondary N) is 2. The Labute approximate surface area is 166 Å². The van der Waals surface area contributed by atoms with E-state index in [1.54, 1.807) is 25.4 Å². The van der Waals surface area contributed by atoms with Gasteiger partial charge in [-0.25, -0.2) is 4.98 Å². The van der Waals surface area contributed by atoms with Gasteiger partial charge in [-0.05, 0) is 36.2 Å². The minimum absolute atomic E-state index is 0.0773. The summed E-state index contributed by atoms with van der Waals surface area (Å²) in [5, 5.41) is 6.26. The molecule has 2 aromatic rings. The van der Waals surface area contributed by atoms with Gasteiger partial charge in [0.25, 0.3) is 5.91 Å². The molecule has 1 fully saturated rings. The summed E-state index contributed by atoms with van der Waals surface area (Å²) in [7, 11) is 1.67. The maximum atomic E-state index is 12.4. The second-order valence-electron chi connectivity index (χ2n) is 6.67. The van der Waals surface area contributed by atoms with Gasteiger partial charge in [0.05, 0.1) is 20.3 Å². The molecule has 0 unspecified atom stereocenters. The van der Waals surface area contributed by atoms with Crippen molar-refractivity contribution in [2.24, 2.45) is 0 Å². The first-order chi connectivity index (χ1) is 13.7. The number of morpholine rings is 1. The number of amides is 1. The summed E-state index contributed by atoms with van der Waals surface area (Å²) in [6.45, 7) is 5.57. The molecule has 0 spiro atoms. The number of hydrogen-bond acceptors (Lipinski definition) is 6. The molecule has 0 aliphatic carbocycles. The van der Waals surface area contributed by atoms with Crippen molar-refractivity contribution in [3.63, 3.8) is 0 Å². The zero-order valence-corrected chi connectivity index (χ0v) is 16.3. The third kappa shape index (κ3) is 6.21. The highest BCUT2D eigenvalue weighted by molar-refractivity contribution is 5.94. The third-order valence-electron chi connectivity index (χ3n) is 4.69. The first kappa shape index (κ1) is 20.1. The molecule has 1 aromatic heterocycles. The van der Waals surface area contributed by atoms with E-state index in [4.69, 9.17) is 9.47 Å². The molecule has 7 heteroatoms. The van der Waals surface area contributed by atoms with Gasteiger partial charge in [0.2, 0.25) is 0 Å². The van der Waals surface area contributed by atoms with Gasteiger partial charge in [-0.1, -0.05) is 12.1 Å². The predicted molar refractivity (Wildman–Crippen MR) is 109 cm³/mol. The van der Waals surface area contributed by atoms with Crippen molar-refractivity contribution in [2.45, 2.75) is 6.42 Å². The molecule has 150 valence electrons. The molecular weight excluding hydrogens is 356 g/mol. The van der Waals surface area contributed by atoms with E-state index in [1.165, 1.54) is 5.56 Å². The second kappa shape index (κ2) is 10.6. The van der Waals surface area contributed by atoms with Gasteiger partial charge < -0.3 is 20.1 Å². The molecule has 1 aliphatic rings. The summed E-state index contributed by atoms with van der Waals surface area (Å²) >= 11 is 0. The molecule has 3 rings (SSSR count). The van der Waals surface area contributed by atoms with Crippen LogP contribution < -0.4 is 15.4 Å². The largest absolute Gasteiger partial charge is 0.497 e. The fourth-order valence-electron chi connectivity index (χ4n) is 3.09. The van der Waals surface area contributed by atoms with E-state index >= 15 is 0 Å². The minimum atomic E-state index is -0.0773. The third-order valence-corrected chi connectivity index (χ3v) is 4.69. The Kier molecular flexibility index (Phi) is 7.63. The van der Waals surface area contributed by atoms with Gasteiger partial charge in [-0.15, -0.1) is 0 Å². The fourth-order valence-corrected chi connectivity index (χ4v) is 3.09. The van der Waals surface area contributed by atoms with Crippen LogP contribution in [0.15, 0.2) is 42.6 Å². The normalized spacial score (nSPS) is 14.5. The highest BCUT2D eigenvalue weighted by Gasteiger charge is 2.11. The molecule has 0 radical (unpaired) electrons. The van der Waals surface area contributed by atoms with E-state index in [0.717, 1.165) is 51.6 Å². The standard InChI is InChI=1S/C21H28N4O3/c1-27-19-4-2-3-17(15-19)5-7-22-20-16-18(6-8-23-20)21(26)24-9-10-25-11-13-28-14-12-25/h2-4,6,8,15-16H,5,7,9-14H2,1H3,(H,22,23)(H,24,26). The predicted octanol–water partition coefficient (Wildman–Crippen LogP) is 1.81. The summed E-state index contributed by atoms with van der Waals surface area (Å²) in [5.41, 5.74) is 1.80. The summed E-state index contributed by atoms with van der Waals surface area (Å²) in [4.78, 5) is 19.0. The highest BCUT2D eigenvalue weighted by Crippen LogP contribution is 2.13. The molecule has 1 aromatic carbocycles. The maximum Gasteiger partial charge on any atom is 0.251 e. The smallest absolute Gasteiger partial charge is 0.251 e. The van der Waals surface area contributed by atoms with Crippen LogP contribution in [0.25, 0.3) is 0 Å². The van der Waals surface area contributed by atoms with Gasteiger partial charge >= 0.3 is 0 Å². The lowest BCUT2D eigenvalue weighted by molar-refractivity contribution is 0.0383. The number of hydrogen-bond donors (Lipinski definition) is 2. The number of rotatable bonds is 9. The van der Waals surface area contributed by atoms with Crippen molar-refractivity contribution in [1.29, 1.82) is 0 Å². The van der Waals surface area contributed by atoms with Gasteiger partial charge in [-0.3, -0.25) is 9.69 Å². The topological polar surface area (TPSA) is 75.7 Å². The quantitative estimate of drug-likeness (QED) is 0.687. The number of benzene rings is 1. The first-order valence-corrected chi connectivity index (χ1v) is 9.66. The molecule has 0 saturated carbocycles. The van der Waals surface area contributed by atoms with Crippen LogP contribution in [0.4, 0.5) is 5.82 Å². The van der Waals surface area contributed by atoms with Crippen molar-refractivity contribution in [3.8, 4) is 5.75 Å². The van der Waals surface area contributed by atoms with Crippen molar-refractivity contribution in [1.82, 2.24) is 15.2 Å². The lowest BCUT2D eigenvalue weighted by Gasteiger charge is -2.26. The van der Waals surface area contributed by atoms with Crippen LogP contribution in [0.2, 0.25) is 0 Å². The first-order valence-electron chi connectivity index (χ1n) is 9.66. The molecule has 2 heterocycles. The average molecular weight is 384 g/mol. The van der Waals surface area contributed by atoms with Crippen molar-refractivity contribution >= 4 is 11.7 Å². The van der Waals surface area contributed by atoms with Crippen LogP contribution in [-0.4, -0.2) is 68.8 Å². The number of nitrogens with zero attached hydrogens (tertiary/aromatic N) is 2. The zero-order valence-electron chi connectivity index (χ0n) is 16.3. The molecule has 1 aliphatic heterocycles. The molecule has 0 atom stereocenters. The van der Waals surface area contributed by atoms with Crippen LogP contribution in [0, 0.1) is 0 Å². The van der Waals surface area contributed by atoms with Crippen LogP contribution in [0.3, 0.4) is 0 Å². The Balaban J connectivity index is 1.44. The second-order valence-corrected chi connectivity index (χ2v) is 6.67.